The average Bonchev–Trinajstić information content (AvgIpc) is 2.96. The van der Waals surface area contributed by atoms with Crippen molar-refractivity contribution in [3.05, 3.63) is 24.2 Å². The normalized spacial score (nSPS) is 18.7. The first kappa shape index (κ1) is 14.6. The van der Waals surface area contributed by atoms with E-state index >= 15 is 0 Å². The molecule has 2 amide bonds. The van der Waals surface area contributed by atoms with Crippen LogP contribution >= 0.6 is 0 Å². The van der Waals surface area contributed by atoms with Gasteiger partial charge < -0.3 is 20.4 Å². The second-order valence-corrected chi connectivity index (χ2v) is 5.07. The summed E-state index contributed by atoms with van der Waals surface area (Å²) in [7, 11) is 0. The standard InChI is InChI=1S/C14H21N3O3/c15-13(18)10-17(11-3-1-7-16-9-11)14(19)6-5-12-4-2-8-20-12/h2,4,8,11,16H,1,3,5-7,9-10H2,(H2,15,18). The van der Waals surface area contributed by atoms with E-state index in [1.807, 2.05) is 6.07 Å². The van der Waals surface area contributed by atoms with E-state index in [0.29, 0.717) is 12.8 Å². The monoisotopic (exact) mass is 279 g/mol. The van der Waals surface area contributed by atoms with Gasteiger partial charge in [-0.25, -0.2) is 0 Å². The Bertz CT molecular complexity index is 439. The van der Waals surface area contributed by atoms with Gasteiger partial charge in [0.25, 0.3) is 0 Å². The SMILES string of the molecule is NC(=O)CN(C(=O)CCc1ccco1)C1CCCNC1. The van der Waals surface area contributed by atoms with Crippen LogP contribution in [-0.4, -0.2) is 42.4 Å². The number of piperidine rings is 1. The van der Waals surface area contributed by atoms with Crippen LogP contribution in [0.1, 0.15) is 25.0 Å². The topological polar surface area (TPSA) is 88.6 Å². The van der Waals surface area contributed by atoms with Gasteiger partial charge in [-0.05, 0) is 31.5 Å². The quantitative estimate of drug-likeness (QED) is 0.782. The molecule has 6 nitrogen and oxygen atoms in total. The molecule has 1 aliphatic rings. The van der Waals surface area contributed by atoms with Gasteiger partial charge in [0.1, 0.15) is 5.76 Å². The summed E-state index contributed by atoms with van der Waals surface area (Å²) < 4.78 is 5.22. The lowest BCUT2D eigenvalue weighted by atomic mass is 10.0. The molecular formula is C14H21N3O3. The highest BCUT2D eigenvalue weighted by Crippen LogP contribution is 2.13. The Morgan fingerprint density at radius 2 is 2.35 bits per heavy atom. The highest BCUT2D eigenvalue weighted by molar-refractivity contribution is 5.84. The van der Waals surface area contributed by atoms with E-state index in [-0.39, 0.29) is 18.5 Å². The number of aryl methyl sites for hydroxylation is 1. The van der Waals surface area contributed by atoms with E-state index in [9.17, 15) is 9.59 Å². The molecule has 110 valence electrons. The van der Waals surface area contributed by atoms with Crippen molar-refractivity contribution >= 4 is 11.8 Å². The molecule has 0 bridgehead atoms. The molecule has 1 atom stereocenters. The lowest BCUT2D eigenvalue weighted by molar-refractivity contribution is -0.137. The molecule has 0 aromatic carbocycles. The van der Waals surface area contributed by atoms with Crippen molar-refractivity contribution in [2.45, 2.75) is 31.7 Å². The maximum atomic E-state index is 12.3. The van der Waals surface area contributed by atoms with Gasteiger partial charge in [0, 0.05) is 25.4 Å². The number of nitrogens with one attached hydrogen (secondary N) is 1. The van der Waals surface area contributed by atoms with Crippen molar-refractivity contribution in [1.82, 2.24) is 10.2 Å². The van der Waals surface area contributed by atoms with Crippen LogP contribution in [0.5, 0.6) is 0 Å². The third-order valence-electron chi connectivity index (χ3n) is 3.52. The third kappa shape index (κ3) is 4.09. The van der Waals surface area contributed by atoms with Gasteiger partial charge in [-0.15, -0.1) is 0 Å². The molecule has 1 unspecified atom stereocenters. The number of nitrogens with zero attached hydrogens (tertiary/aromatic N) is 1. The number of hydrogen-bond acceptors (Lipinski definition) is 4. The van der Waals surface area contributed by atoms with Crippen molar-refractivity contribution in [1.29, 1.82) is 0 Å². The van der Waals surface area contributed by atoms with E-state index in [0.717, 1.165) is 31.7 Å². The summed E-state index contributed by atoms with van der Waals surface area (Å²) in [6, 6.07) is 3.69. The summed E-state index contributed by atoms with van der Waals surface area (Å²) in [4.78, 5) is 25.1. The largest absolute Gasteiger partial charge is 0.469 e. The Labute approximate surface area is 118 Å². The molecule has 20 heavy (non-hydrogen) atoms. The first-order valence-electron chi connectivity index (χ1n) is 6.97. The number of carbonyl (C=O) groups excluding carboxylic acids is 2. The zero-order valence-corrected chi connectivity index (χ0v) is 11.5. The number of primary amides is 1. The Kier molecular flexibility index (Phi) is 5.17. The number of nitrogens with two attached hydrogens (primary N) is 1. The van der Waals surface area contributed by atoms with Crippen LogP contribution in [0.25, 0.3) is 0 Å². The molecule has 1 saturated heterocycles. The zero-order chi connectivity index (χ0) is 14.4. The molecule has 2 rings (SSSR count). The lowest BCUT2D eigenvalue weighted by Gasteiger charge is -2.34. The van der Waals surface area contributed by atoms with Crippen LogP contribution in [0, 0.1) is 0 Å². The molecule has 6 heteroatoms. The minimum Gasteiger partial charge on any atom is -0.469 e. The number of carbonyl (C=O) groups is 2. The van der Waals surface area contributed by atoms with E-state index in [4.69, 9.17) is 10.2 Å². The van der Waals surface area contributed by atoms with Gasteiger partial charge in [0.05, 0.1) is 12.8 Å². The van der Waals surface area contributed by atoms with Gasteiger partial charge in [0.15, 0.2) is 0 Å². The second kappa shape index (κ2) is 7.09. The highest BCUT2D eigenvalue weighted by Gasteiger charge is 2.26. The Hall–Kier alpha value is -1.82. The fourth-order valence-electron chi connectivity index (χ4n) is 2.52. The summed E-state index contributed by atoms with van der Waals surface area (Å²) in [5.41, 5.74) is 5.26. The fraction of sp³-hybridized carbons (Fsp3) is 0.571. The van der Waals surface area contributed by atoms with Gasteiger partial charge in [0.2, 0.25) is 11.8 Å². The molecule has 0 saturated carbocycles. The molecule has 1 fully saturated rings. The van der Waals surface area contributed by atoms with Gasteiger partial charge in [-0.2, -0.15) is 0 Å². The molecule has 3 N–H and O–H groups in total. The summed E-state index contributed by atoms with van der Waals surface area (Å²) >= 11 is 0. The Morgan fingerprint density at radius 1 is 1.50 bits per heavy atom. The predicted octanol–water partition coefficient (Wildman–Crippen LogP) is 0.278. The fourth-order valence-corrected chi connectivity index (χ4v) is 2.52. The van der Waals surface area contributed by atoms with E-state index in [1.54, 1.807) is 17.2 Å². The Morgan fingerprint density at radius 3 is 2.95 bits per heavy atom. The maximum absolute atomic E-state index is 12.3. The minimum atomic E-state index is -0.470. The number of hydrogen-bond donors (Lipinski definition) is 2. The van der Waals surface area contributed by atoms with E-state index in [2.05, 4.69) is 5.32 Å². The molecule has 1 aliphatic heterocycles. The van der Waals surface area contributed by atoms with Crippen LogP contribution in [0.4, 0.5) is 0 Å². The average molecular weight is 279 g/mol. The van der Waals surface area contributed by atoms with E-state index < -0.39 is 5.91 Å². The van der Waals surface area contributed by atoms with Crippen molar-refractivity contribution in [2.24, 2.45) is 5.73 Å². The second-order valence-electron chi connectivity index (χ2n) is 5.07. The molecule has 0 radical (unpaired) electrons. The summed E-state index contributed by atoms with van der Waals surface area (Å²) in [5, 5.41) is 3.25. The van der Waals surface area contributed by atoms with Crippen molar-refractivity contribution in [3.63, 3.8) is 0 Å². The molecular weight excluding hydrogens is 258 g/mol. The first-order chi connectivity index (χ1) is 9.66. The smallest absolute Gasteiger partial charge is 0.237 e. The van der Waals surface area contributed by atoms with Crippen LogP contribution in [-0.2, 0) is 16.0 Å². The number of rotatable bonds is 6. The third-order valence-corrected chi connectivity index (χ3v) is 3.52. The summed E-state index contributed by atoms with van der Waals surface area (Å²) in [6.07, 6.45) is 4.38. The molecule has 0 aliphatic carbocycles. The number of amides is 2. The summed E-state index contributed by atoms with van der Waals surface area (Å²) in [5.74, 6) is 0.259. The van der Waals surface area contributed by atoms with Crippen molar-refractivity contribution < 1.29 is 14.0 Å². The molecule has 2 heterocycles. The number of furan rings is 1. The van der Waals surface area contributed by atoms with Crippen LogP contribution in [0.2, 0.25) is 0 Å². The Balaban J connectivity index is 1.93. The van der Waals surface area contributed by atoms with Crippen LogP contribution in [0.15, 0.2) is 22.8 Å². The van der Waals surface area contributed by atoms with Crippen molar-refractivity contribution in [3.8, 4) is 0 Å². The maximum Gasteiger partial charge on any atom is 0.237 e. The highest BCUT2D eigenvalue weighted by atomic mass is 16.3. The van der Waals surface area contributed by atoms with Crippen LogP contribution < -0.4 is 11.1 Å². The zero-order valence-electron chi connectivity index (χ0n) is 11.5. The van der Waals surface area contributed by atoms with Gasteiger partial charge in [-0.3, -0.25) is 9.59 Å². The van der Waals surface area contributed by atoms with Gasteiger partial charge in [-0.1, -0.05) is 0 Å². The van der Waals surface area contributed by atoms with Gasteiger partial charge >= 0.3 is 0 Å². The van der Waals surface area contributed by atoms with Crippen molar-refractivity contribution in [2.75, 3.05) is 19.6 Å². The van der Waals surface area contributed by atoms with Crippen LogP contribution in [0.3, 0.4) is 0 Å². The lowest BCUT2D eigenvalue weighted by Crippen LogP contribution is -2.51. The minimum absolute atomic E-state index is 0.0106. The van der Waals surface area contributed by atoms with E-state index in [1.165, 1.54) is 0 Å². The summed E-state index contributed by atoms with van der Waals surface area (Å²) in [6.45, 7) is 1.67. The molecule has 1 aromatic heterocycles. The molecule has 1 aromatic rings. The first-order valence-corrected chi connectivity index (χ1v) is 6.97. The predicted molar refractivity (Wildman–Crippen MR) is 73.8 cm³/mol. The molecule has 0 spiro atoms.